The molecular formula is C15H17N3OS. The average Bonchev–Trinajstić information content (AvgIpc) is 3.08. The van der Waals surface area contributed by atoms with E-state index < -0.39 is 0 Å². The van der Waals surface area contributed by atoms with E-state index >= 15 is 0 Å². The van der Waals surface area contributed by atoms with Crippen LogP contribution in [0.15, 0.2) is 29.1 Å². The summed E-state index contributed by atoms with van der Waals surface area (Å²) in [7, 11) is 0. The Morgan fingerprint density at radius 3 is 2.75 bits per heavy atom. The first-order chi connectivity index (χ1) is 9.74. The minimum atomic E-state index is 0.0590. The van der Waals surface area contributed by atoms with Gasteiger partial charge in [0, 0.05) is 17.8 Å². The molecule has 0 bridgehead atoms. The number of hydrogen-bond donors (Lipinski definition) is 1. The van der Waals surface area contributed by atoms with Gasteiger partial charge in [-0.05, 0) is 41.3 Å². The Balaban J connectivity index is 2.19. The van der Waals surface area contributed by atoms with Crippen LogP contribution in [-0.4, -0.2) is 19.6 Å². The van der Waals surface area contributed by atoms with Crippen LogP contribution < -0.4 is 0 Å². The summed E-state index contributed by atoms with van der Waals surface area (Å²) in [6.45, 7) is 4.24. The summed E-state index contributed by atoms with van der Waals surface area (Å²) in [5.41, 5.74) is 3.72. The van der Waals surface area contributed by atoms with Gasteiger partial charge in [0.15, 0.2) is 5.65 Å². The van der Waals surface area contributed by atoms with Crippen LogP contribution in [0.4, 0.5) is 0 Å². The predicted octanol–water partition coefficient (Wildman–Crippen LogP) is 4.23. The van der Waals surface area contributed by atoms with Gasteiger partial charge >= 0.3 is 0 Å². The van der Waals surface area contributed by atoms with Crippen molar-refractivity contribution in [3.8, 4) is 17.1 Å². The van der Waals surface area contributed by atoms with Crippen LogP contribution in [-0.2, 0) is 0 Å². The molecule has 0 amide bonds. The van der Waals surface area contributed by atoms with E-state index in [1.807, 2.05) is 10.8 Å². The second-order valence-corrected chi connectivity index (χ2v) is 5.61. The fourth-order valence-electron chi connectivity index (χ4n) is 2.57. The monoisotopic (exact) mass is 287 g/mol. The number of thiophene rings is 1. The lowest BCUT2D eigenvalue weighted by molar-refractivity contribution is 0.361. The zero-order valence-corrected chi connectivity index (χ0v) is 12.4. The summed E-state index contributed by atoms with van der Waals surface area (Å²) < 4.78 is 1.90. The number of rotatable bonds is 4. The number of nitrogens with zero attached hydrogens (tertiary/aromatic N) is 3. The molecule has 0 atom stereocenters. The summed E-state index contributed by atoms with van der Waals surface area (Å²) in [6, 6.07) is 4.45. The Morgan fingerprint density at radius 2 is 2.10 bits per heavy atom. The molecule has 5 heteroatoms. The summed E-state index contributed by atoms with van der Waals surface area (Å²) in [5.74, 6) is 0. The van der Waals surface area contributed by atoms with Crippen LogP contribution >= 0.6 is 11.3 Å². The molecule has 0 saturated carbocycles. The Kier molecular flexibility index (Phi) is 3.44. The van der Waals surface area contributed by atoms with Crippen molar-refractivity contribution in [1.82, 2.24) is 14.5 Å². The quantitative estimate of drug-likeness (QED) is 0.781. The molecule has 4 nitrogen and oxygen atoms in total. The van der Waals surface area contributed by atoms with Crippen molar-refractivity contribution in [2.75, 3.05) is 0 Å². The Bertz CT molecular complexity index is 714. The van der Waals surface area contributed by atoms with Gasteiger partial charge in [0.2, 0.25) is 0 Å². The molecule has 1 N–H and O–H groups in total. The SMILES string of the molecule is CCC(CC)n1c(O)nc2ncc(-c3ccsc3)cc21. The molecule has 0 aromatic carbocycles. The van der Waals surface area contributed by atoms with Crippen molar-refractivity contribution in [2.24, 2.45) is 0 Å². The minimum Gasteiger partial charge on any atom is -0.480 e. The van der Waals surface area contributed by atoms with E-state index in [1.54, 1.807) is 11.3 Å². The van der Waals surface area contributed by atoms with Gasteiger partial charge < -0.3 is 5.11 Å². The number of hydrogen-bond acceptors (Lipinski definition) is 4. The number of imidazole rings is 1. The van der Waals surface area contributed by atoms with E-state index in [4.69, 9.17) is 0 Å². The molecule has 3 aromatic rings. The number of fused-ring (bicyclic) bond motifs is 1. The van der Waals surface area contributed by atoms with Crippen LogP contribution in [0.2, 0.25) is 0 Å². The van der Waals surface area contributed by atoms with Crippen LogP contribution in [0.25, 0.3) is 22.3 Å². The average molecular weight is 287 g/mol. The summed E-state index contributed by atoms with van der Waals surface area (Å²) in [6.07, 6.45) is 3.73. The van der Waals surface area contributed by atoms with Crippen LogP contribution in [0.5, 0.6) is 6.01 Å². The molecule has 0 aliphatic heterocycles. The van der Waals surface area contributed by atoms with Gasteiger partial charge in [0.05, 0.1) is 5.52 Å². The van der Waals surface area contributed by atoms with Crippen molar-refractivity contribution in [2.45, 2.75) is 32.7 Å². The molecule has 0 spiro atoms. The van der Waals surface area contributed by atoms with Crippen LogP contribution in [0.3, 0.4) is 0 Å². The Morgan fingerprint density at radius 1 is 1.30 bits per heavy atom. The van der Waals surface area contributed by atoms with Crippen molar-refractivity contribution >= 4 is 22.5 Å². The van der Waals surface area contributed by atoms with E-state index in [9.17, 15) is 5.11 Å². The Hall–Kier alpha value is -1.88. The largest absolute Gasteiger partial charge is 0.480 e. The third-order valence-corrected chi connectivity index (χ3v) is 4.37. The topological polar surface area (TPSA) is 50.9 Å². The zero-order valence-electron chi connectivity index (χ0n) is 11.6. The molecule has 0 fully saturated rings. The highest BCUT2D eigenvalue weighted by Crippen LogP contribution is 2.31. The first-order valence-corrected chi connectivity index (χ1v) is 7.78. The molecule has 0 saturated heterocycles. The molecule has 3 heterocycles. The van der Waals surface area contributed by atoms with Crippen molar-refractivity contribution < 1.29 is 5.11 Å². The molecule has 3 rings (SSSR count). The fourth-order valence-corrected chi connectivity index (χ4v) is 3.23. The van der Waals surface area contributed by atoms with Gasteiger partial charge in [0.1, 0.15) is 0 Å². The van der Waals surface area contributed by atoms with Crippen molar-refractivity contribution in [3.63, 3.8) is 0 Å². The molecule has 104 valence electrons. The maximum Gasteiger partial charge on any atom is 0.296 e. The lowest BCUT2D eigenvalue weighted by atomic mass is 10.1. The van der Waals surface area contributed by atoms with Gasteiger partial charge in [-0.15, -0.1) is 0 Å². The van der Waals surface area contributed by atoms with E-state index in [1.165, 1.54) is 0 Å². The molecule has 3 aromatic heterocycles. The first-order valence-electron chi connectivity index (χ1n) is 6.84. The van der Waals surface area contributed by atoms with Gasteiger partial charge in [-0.3, -0.25) is 4.57 Å². The summed E-state index contributed by atoms with van der Waals surface area (Å²) >= 11 is 1.66. The molecule has 0 unspecified atom stereocenters. The molecule has 0 radical (unpaired) electrons. The second kappa shape index (κ2) is 5.25. The summed E-state index contributed by atoms with van der Waals surface area (Å²) in [4.78, 5) is 8.54. The normalized spacial score (nSPS) is 11.6. The number of aromatic hydroxyl groups is 1. The fraction of sp³-hybridized carbons (Fsp3) is 0.333. The third-order valence-electron chi connectivity index (χ3n) is 3.69. The van der Waals surface area contributed by atoms with Crippen LogP contribution in [0, 0.1) is 0 Å². The zero-order chi connectivity index (χ0) is 14.1. The molecule has 20 heavy (non-hydrogen) atoms. The lowest BCUT2D eigenvalue weighted by Crippen LogP contribution is -2.06. The maximum atomic E-state index is 10.1. The molecule has 0 aliphatic rings. The smallest absolute Gasteiger partial charge is 0.296 e. The number of pyridine rings is 1. The van der Waals surface area contributed by atoms with E-state index in [-0.39, 0.29) is 12.1 Å². The Labute approximate surface area is 121 Å². The minimum absolute atomic E-state index is 0.0590. The lowest BCUT2D eigenvalue weighted by Gasteiger charge is -2.16. The second-order valence-electron chi connectivity index (χ2n) is 4.83. The highest BCUT2D eigenvalue weighted by molar-refractivity contribution is 7.08. The van der Waals surface area contributed by atoms with Crippen molar-refractivity contribution in [3.05, 3.63) is 29.1 Å². The number of aromatic nitrogens is 3. The van der Waals surface area contributed by atoms with E-state index in [0.717, 1.165) is 29.5 Å². The van der Waals surface area contributed by atoms with Gasteiger partial charge in [-0.1, -0.05) is 13.8 Å². The van der Waals surface area contributed by atoms with E-state index in [0.29, 0.717) is 5.65 Å². The standard InChI is InChI=1S/C15H17N3OS/c1-3-12(4-2)18-13-7-11(10-5-6-20-9-10)8-16-14(13)17-15(18)19/h5-9,12H,3-4H2,1-2H3,(H,16,17,19). The third kappa shape index (κ3) is 2.08. The van der Waals surface area contributed by atoms with E-state index in [2.05, 4.69) is 46.7 Å². The summed E-state index contributed by atoms with van der Waals surface area (Å²) in [5, 5.41) is 14.3. The van der Waals surface area contributed by atoms with Crippen LogP contribution in [0.1, 0.15) is 32.7 Å². The van der Waals surface area contributed by atoms with Crippen molar-refractivity contribution in [1.29, 1.82) is 0 Å². The molecule has 0 aliphatic carbocycles. The first kappa shape index (κ1) is 13.1. The van der Waals surface area contributed by atoms with Gasteiger partial charge in [-0.25, -0.2) is 4.98 Å². The maximum absolute atomic E-state index is 10.1. The van der Waals surface area contributed by atoms with Gasteiger partial charge in [0.25, 0.3) is 6.01 Å². The highest BCUT2D eigenvalue weighted by Gasteiger charge is 2.17. The van der Waals surface area contributed by atoms with Gasteiger partial charge in [-0.2, -0.15) is 16.3 Å². The predicted molar refractivity (Wildman–Crippen MR) is 82.1 cm³/mol. The highest BCUT2D eigenvalue weighted by atomic mass is 32.1. The molecular weight excluding hydrogens is 270 g/mol.